The molecule has 9 amide bonds. The number of rotatable bonds is 34. The number of aliphatic imine (C=N–C) groups is 1. The van der Waals surface area contributed by atoms with Crippen molar-refractivity contribution in [3.05, 3.63) is 35.9 Å². The van der Waals surface area contributed by atoms with Gasteiger partial charge in [-0.3, -0.25) is 52.9 Å². The molecule has 0 bridgehead atoms. The zero-order valence-corrected chi connectivity index (χ0v) is 49.2. The van der Waals surface area contributed by atoms with Crippen molar-refractivity contribution < 1.29 is 63.0 Å². The second-order valence-electron chi connectivity index (χ2n) is 22.0. The molecule has 1 fully saturated rings. The summed E-state index contributed by atoms with van der Waals surface area (Å²) in [5, 5.41) is 40.3. The quantitative estimate of drug-likeness (QED) is 0.0171. The Kier molecular flexibility index (Phi) is 29.7. The highest BCUT2D eigenvalue weighted by molar-refractivity contribution is 7.80. The smallest absolute Gasteiger partial charge is 0.326 e. The van der Waals surface area contributed by atoms with Crippen LogP contribution in [0.5, 0.6) is 0 Å². The Morgan fingerprint density at radius 2 is 1.16 bits per heavy atom. The number of thiol groups is 1. The maximum Gasteiger partial charge on any atom is 0.326 e. The van der Waals surface area contributed by atoms with Crippen molar-refractivity contribution in [3.63, 3.8) is 0 Å². The summed E-state index contributed by atoms with van der Waals surface area (Å²) in [4.78, 5) is 155. The third kappa shape index (κ3) is 23.2. The van der Waals surface area contributed by atoms with Crippen molar-refractivity contribution in [1.29, 1.82) is 0 Å². The lowest BCUT2D eigenvalue weighted by atomic mass is 9.96. The first kappa shape index (κ1) is 70.1. The summed E-state index contributed by atoms with van der Waals surface area (Å²) in [5.41, 5.74) is 17.6. The van der Waals surface area contributed by atoms with Gasteiger partial charge >= 0.3 is 11.9 Å². The number of benzene rings is 1. The van der Waals surface area contributed by atoms with E-state index < -0.39 is 150 Å². The lowest BCUT2D eigenvalue weighted by Crippen LogP contribution is -2.62. The molecule has 0 spiro atoms. The molecule has 0 saturated carbocycles. The minimum absolute atomic E-state index is 0.0466. The van der Waals surface area contributed by atoms with Crippen LogP contribution in [0.25, 0.3) is 0 Å². The second-order valence-corrected chi connectivity index (χ2v) is 22.3. The van der Waals surface area contributed by atoms with E-state index in [9.17, 15) is 63.0 Å². The number of hydrogen-bond donors (Lipinski definition) is 14. The summed E-state index contributed by atoms with van der Waals surface area (Å²) in [6.45, 7) is 17.2. The van der Waals surface area contributed by atoms with E-state index in [1.807, 2.05) is 13.8 Å². The molecule has 0 aliphatic carbocycles. The van der Waals surface area contributed by atoms with Gasteiger partial charge in [0, 0.05) is 25.3 Å². The van der Waals surface area contributed by atoms with Crippen molar-refractivity contribution in [3.8, 4) is 0 Å². The van der Waals surface area contributed by atoms with Crippen LogP contribution in [0.1, 0.15) is 120 Å². The normalized spacial score (nSPS) is 16.9. The van der Waals surface area contributed by atoms with Crippen LogP contribution in [0, 0.1) is 29.6 Å². The Labute approximate surface area is 480 Å². The van der Waals surface area contributed by atoms with Gasteiger partial charge in [-0.15, -0.1) is 0 Å². The maximum atomic E-state index is 14.6. The number of carbonyl (C=O) groups is 11. The highest BCUT2D eigenvalue weighted by Crippen LogP contribution is 2.22. The fourth-order valence-electron chi connectivity index (χ4n) is 8.75. The molecular formula is C54H89N13O13S. The lowest BCUT2D eigenvalue weighted by Gasteiger charge is -2.31. The number of amides is 9. The van der Waals surface area contributed by atoms with Crippen molar-refractivity contribution in [2.75, 3.05) is 18.8 Å². The molecule has 1 aliphatic heterocycles. The minimum atomic E-state index is -1.75. The van der Waals surface area contributed by atoms with Gasteiger partial charge in [-0.25, -0.2) is 4.79 Å². The van der Waals surface area contributed by atoms with Crippen molar-refractivity contribution >= 4 is 83.7 Å². The molecule has 0 radical (unpaired) electrons. The number of nitrogens with one attached hydrogen (secondary N) is 8. The number of nitrogens with two attached hydrogens (primary N) is 3. The van der Waals surface area contributed by atoms with Crippen LogP contribution in [-0.4, -0.2) is 165 Å². The predicted octanol–water partition coefficient (Wildman–Crippen LogP) is -0.971. The molecule has 1 aliphatic rings. The van der Waals surface area contributed by atoms with Gasteiger partial charge in [-0.2, -0.15) is 12.6 Å². The molecule has 11 unspecified atom stereocenters. The van der Waals surface area contributed by atoms with Gasteiger partial charge < -0.3 is 74.8 Å². The molecule has 26 nitrogen and oxygen atoms in total. The van der Waals surface area contributed by atoms with Gasteiger partial charge in [0.1, 0.15) is 54.4 Å². The highest BCUT2D eigenvalue weighted by atomic mass is 32.1. The van der Waals surface area contributed by atoms with Crippen LogP contribution >= 0.6 is 12.6 Å². The van der Waals surface area contributed by atoms with E-state index >= 15 is 0 Å². The Bertz CT molecular complexity index is 2350. The molecule has 1 aromatic rings. The van der Waals surface area contributed by atoms with Gasteiger partial charge in [-0.05, 0) is 67.3 Å². The zero-order valence-electron chi connectivity index (χ0n) is 48.3. The van der Waals surface area contributed by atoms with Crippen LogP contribution in [-0.2, 0) is 59.2 Å². The van der Waals surface area contributed by atoms with E-state index in [2.05, 4.69) is 60.2 Å². The number of carbonyl (C=O) groups excluding carboxylic acids is 9. The van der Waals surface area contributed by atoms with Gasteiger partial charge in [0.05, 0.1) is 12.5 Å². The zero-order chi connectivity index (χ0) is 61.4. The van der Waals surface area contributed by atoms with Crippen LogP contribution < -0.4 is 59.7 Å². The van der Waals surface area contributed by atoms with E-state index in [0.717, 1.165) is 0 Å². The molecule has 81 heavy (non-hydrogen) atoms. The van der Waals surface area contributed by atoms with Crippen molar-refractivity contribution in [2.24, 2.45) is 51.8 Å². The molecule has 27 heteroatoms. The number of hydrogen-bond acceptors (Lipinski definition) is 14. The summed E-state index contributed by atoms with van der Waals surface area (Å²) in [6.07, 6.45) is 0.146. The minimum Gasteiger partial charge on any atom is -0.481 e. The molecule has 2 rings (SSSR count). The number of nitrogens with zero attached hydrogens (tertiary/aromatic N) is 2. The third-order valence-corrected chi connectivity index (χ3v) is 14.1. The summed E-state index contributed by atoms with van der Waals surface area (Å²) >= 11 is 4.20. The topological polar surface area (TPSA) is 418 Å². The Morgan fingerprint density at radius 1 is 0.642 bits per heavy atom. The van der Waals surface area contributed by atoms with Crippen molar-refractivity contribution in [2.45, 2.75) is 181 Å². The number of likely N-dealkylation sites (tertiary alicyclic amines) is 1. The number of carboxylic acid groups (broad SMARTS) is 2. The summed E-state index contributed by atoms with van der Waals surface area (Å²) in [5.74, 6) is -12.5. The van der Waals surface area contributed by atoms with Gasteiger partial charge in [-0.1, -0.05) is 106 Å². The van der Waals surface area contributed by atoms with E-state index in [1.54, 1.807) is 85.7 Å². The standard InChI is InChI=1S/C54H89N13O13S/c1-11-31(10)43(51(77)59-33(19-15-21-58-54(56)57)44(70)63-37(26-81)47(73)65-42(30(8)9)53(79)80)66-45(71)34(24-32-17-13-12-14-18-32)61-50(76)41(29(6)7)64-46(72)35(25-39(68)69)60-48(74)38-20-16-22-67(38)52(78)36(23-27(2)3)62-49(75)40(55)28(4)5/h12-14,17-18,27-31,33-38,40-43,81H,11,15-16,19-26,55H2,1-10H3,(H,59,77)(H,60,74)(H,61,76)(H,62,75)(H,63,70)(H,64,72)(H,65,73)(H,66,71)(H,68,69)(H,79,80)(H4,56,57,58). The summed E-state index contributed by atoms with van der Waals surface area (Å²) in [7, 11) is 0. The van der Waals surface area contributed by atoms with Crippen LogP contribution in [0.4, 0.5) is 0 Å². The average molecular weight is 1160 g/mol. The fourth-order valence-corrected chi connectivity index (χ4v) is 9.01. The van der Waals surface area contributed by atoms with E-state index in [1.165, 1.54) is 4.90 Å². The first-order valence-corrected chi connectivity index (χ1v) is 28.2. The highest BCUT2D eigenvalue weighted by Gasteiger charge is 2.41. The first-order valence-electron chi connectivity index (χ1n) is 27.6. The lowest BCUT2D eigenvalue weighted by molar-refractivity contribution is -0.144. The predicted molar refractivity (Wildman–Crippen MR) is 305 cm³/mol. The first-order chi connectivity index (χ1) is 37.9. The van der Waals surface area contributed by atoms with Crippen LogP contribution in [0.2, 0.25) is 0 Å². The molecule has 0 aromatic heterocycles. The molecule has 1 heterocycles. The largest absolute Gasteiger partial charge is 0.481 e. The molecule has 11 atom stereocenters. The van der Waals surface area contributed by atoms with E-state index in [4.69, 9.17) is 17.2 Å². The number of guanidine groups is 1. The molecule has 16 N–H and O–H groups in total. The summed E-state index contributed by atoms with van der Waals surface area (Å²) in [6, 6.07) is -4.44. The SMILES string of the molecule is CCC(C)C(NC(=O)C(Cc1ccccc1)NC(=O)C(NC(=O)C(CC(=O)O)NC(=O)C1CCCN1C(=O)C(CC(C)C)NC(=O)C(N)C(C)C)C(C)C)C(=O)NC(CCCN=C(N)N)C(=O)NC(CS)C(=O)NC(C(=O)O)C(C)C. The number of carboxylic acids is 2. The molecular weight excluding hydrogens is 1070 g/mol. The monoisotopic (exact) mass is 1160 g/mol. The Hall–Kier alpha value is -7.03. The summed E-state index contributed by atoms with van der Waals surface area (Å²) < 4.78 is 0. The van der Waals surface area contributed by atoms with Gasteiger partial charge in [0.25, 0.3) is 0 Å². The van der Waals surface area contributed by atoms with Crippen LogP contribution in [0.3, 0.4) is 0 Å². The van der Waals surface area contributed by atoms with Crippen LogP contribution in [0.15, 0.2) is 35.3 Å². The fraction of sp³-hybridized carbons (Fsp3) is 0.667. The Balaban J connectivity index is 2.46. The third-order valence-electron chi connectivity index (χ3n) is 13.8. The van der Waals surface area contributed by atoms with E-state index in [-0.39, 0.29) is 68.7 Å². The maximum absolute atomic E-state index is 14.6. The number of aliphatic carboxylic acids is 2. The average Bonchev–Trinajstić information content (AvgIpc) is 3.94. The molecule has 1 aromatic carbocycles. The molecule has 454 valence electrons. The van der Waals surface area contributed by atoms with Gasteiger partial charge in [0.15, 0.2) is 5.96 Å². The van der Waals surface area contributed by atoms with Gasteiger partial charge in [0.2, 0.25) is 53.2 Å². The Morgan fingerprint density at radius 3 is 1.69 bits per heavy atom. The van der Waals surface area contributed by atoms with Crippen molar-refractivity contribution in [1.82, 2.24) is 47.4 Å². The molecule has 1 saturated heterocycles. The van der Waals surface area contributed by atoms with E-state index in [0.29, 0.717) is 18.4 Å². The second kappa shape index (κ2) is 34.3.